The highest BCUT2D eigenvalue weighted by molar-refractivity contribution is 5.89. The van der Waals surface area contributed by atoms with Gasteiger partial charge in [0, 0.05) is 0 Å². The topological polar surface area (TPSA) is 55.1 Å². The third kappa shape index (κ3) is 1.37. The molecule has 0 spiro atoms. The van der Waals surface area contributed by atoms with Gasteiger partial charge in [0.1, 0.15) is 5.56 Å². The highest BCUT2D eigenvalue weighted by Crippen LogP contribution is 2.33. The Morgan fingerprint density at radius 1 is 1.47 bits per heavy atom. The van der Waals surface area contributed by atoms with E-state index in [1.54, 1.807) is 4.68 Å². The largest absolute Gasteiger partial charge is 0.478 e. The number of aromatic nitrogens is 2. The van der Waals surface area contributed by atoms with Gasteiger partial charge in [0.25, 0.3) is 0 Å². The van der Waals surface area contributed by atoms with Gasteiger partial charge < -0.3 is 5.11 Å². The van der Waals surface area contributed by atoms with Crippen molar-refractivity contribution in [2.75, 3.05) is 0 Å². The quantitative estimate of drug-likeness (QED) is 0.814. The zero-order chi connectivity index (χ0) is 12.0. The molecule has 2 heterocycles. The van der Waals surface area contributed by atoms with Crippen molar-refractivity contribution in [1.82, 2.24) is 9.78 Å². The van der Waals surface area contributed by atoms with Crippen molar-refractivity contribution in [2.45, 2.75) is 19.3 Å². The Morgan fingerprint density at radius 2 is 2.24 bits per heavy atom. The van der Waals surface area contributed by atoms with Gasteiger partial charge in [-0.3, -0.25) is 0 Å². The number of fused-ring (bicyclic) bond motifs is 3. The van der Waals surface area contributed by atoms with Crippen LogP contribution >= 0.6 is 0 Å². The normalized spacial score (nSPS) is 17.4. The molecule has 4 nitrogen and oxygen atoms in total. The highest BCUT2D eigenvalue weighted by Gasteiger charge is 2.26. The molecular weight excluding hydrogens is 216 g/mol. The third-order valence-corrected chi connectivity index (χ3v) is 3.29. The van der Waals surface area contributed by atoms with E-state index in [-0.39, 0.29) is 0 Å². The van der Waals surface area contributed by atoms with E-state index < -0.39 is 5.97 Å². The molecule has 17 heavy (non-hydrogen) atoms. The Kier molecular flexibility index (Phi) is 2.04. The van der Waals surface area contributed by atoms with Crippen LogP contribution in [-0.2, 0) is 6.42 Å². The Bertz CT molecular complexity index is 601. The number of hydrogen-bond acceptors (Lipinski definition) is 2. The van der Waals surface area contributed by atoms with Crippen LogP contribution in [0.25, 0.3) is 5.69 Å². The first-order chi connectivity index (χ1) is 8.18. The van der Waals surface area contributed by atoms with Crippen LogP contribution < -0.4 is 0 Å². The van der Waals surface area contributed by atoms with Gasteiger partial charge in [-0.2, -0.15) is 5.10 Å². The van der Waals surface area contributed by atoms with E-state index >= 15 is 0 Å². The van der Waals surface area contributed by atoms with Crippen molar-refractivity contribution in [3.63, 3.8) is 0 Å². The molecule has 0 saturated carbocycles. The third-order valence-electron chi connectivity index (χ3n) is 3.29. The lowest BCUT2D eigenvalue weighted by Gasteiger charge is -2.23. The Morgan fingerprint density at radius 3 is 3.00 bits per heavy atom. The minimum atomic E-state index is -0.905. The summed E-state index contributed by atoms with van der Waals surface area (Å²) in [5, 5.41) is 13.3. The molecule has 0 radical (unpaired) electrons. The van der Waals surface area contributed by atoms with Crippen LogP contribution in [0.3, 0.4) is 0 Å². The van der Waals surface area contributed by atoms with Crippen LogP contribution in [0, 0.1) is 0 Å². The van der Waals surface area contributed by atoms with E-state index in [1.807, 2.05) is 18.2 Å². The summed E-state index contributed by atoms with van der Waals surface area (Å²) in [6.07, 6.45) is 2.16. The highest BCUT2D eigenvalue weighted by atomic mass is 16.4. The molecule has 1 aromatic carbocycles. The molecule has 3 rings (SSSR count). The summed E-state index contributed by atoms with van der Waals surface area (Å²) in [5.74, 6) is -0.577. The predicted octanol–water partition coefficient (Wildman–Crippen LogP) is 2.23. The molecule has 0 fully saturated rings. The predicted molar refractivity (Wildman–Crippen MR) is 62.6 cm³/mol. The van der Waals surface area contributed by atoms with Gasteiger partial charge in [-0.05, 0) is 24.0 Å². The number of nitrogens with zero attached hydrogens (tertiary/aromatic N) is 2. The molecule has 4 heteroatoms. The molecule has 1 aliphatic rings. The van der Waals surface area contributed by atoms with Gasteiger partial charge in [-0.15, -0.1) is 0 Å². The van der Waals surface area contributed by atoms with Crippen LogP contribution in [0.15, 0.2) is 30.5 Å². The maximum atomic E-state index is 11.1. The Labute approximate surface area is 98.5 Å². The number of rotatable bonds is 1. The average Bonchev–Trinajstić information content (AvgIpc) is 2.73. The molecule has 1 aromatic heterocycles. The standard InChI is InChI=1S/C13H12N2O2/c1-8-6-12-10(13(16)17)7-14-15(12)11-5-3-2-4-9(8)11/h2-5,7-8H,6H2,1H3,(H,16,17). The molecule has 0 aliphatic carbocycles. The molecule has 0 bridgehead atoms. The summed E-state index contributed by atoms with van der Waals surface area (Å²) in [4.78, 5) is 11.1. The van der Waals surface area contributed by atoms with E-state index in [9.17, 15) is 4.79 Å². The first-order valence-corrected chi connectivity index (χ1v) is 5.58. The maximum absolute atomic E-state index is 11.1. The van der Waals surface area contributed by atoms with Gasteiger partial charge >= 0.3 is 5.97 Å². The molecule has 0 saturated heterocycles. The minimum Gasteiger partial charge on any atom is -0.478 e. The fourth-order valence-corrected chi connectivity index (χ4v) is 2.45. The Hall–Kier alpha value is -2.10. The van der Waals surface area contributed by atoms with Crippen molar-refractivity contribution in [3.8, 4) is 5.69 Å². The number of benzene rings is 1. The fraction of sp³-hybridized carbons (Fsp3) is 0.231. The minimum absolute atomic E-state index is 0.311. The van der Waals surface area contributed by atoms with Crippen LogP contribution in [0.4, 0.5) is 0 Å². The van der Waals surface area contributed by atoms with Gasteiger partial charge in [0.05, 0.1) is 17.6 Å². The van der Waals surface area contributed by atoms with Gasteiger partial charge in [0.15, 0.2) is 0 Å². The number of aromatic carboxylic acids is 1. The van der Waals surface area contributed by atoms with Gasteiger partial charge in [-0.25, -0.2) is 9.48 Å². The first kappa shape index (κ1) is 10.1. The van der Waals surface area contributed by atoms with E-state index in [2.05, 4.69) is 18.1 Å². The SMILES string of the molecule is CC1Cc2c(C(=O)O)cnn2-c2ccccc21. The second-order valence-corrected chi connectivity index (χ2v) is 4.39. The van der Waals surface area contributed by atoms with Gasteiger partial charge in [0.2, 0.25) is 0 Å². The molecule has 2 aromatic rings. The summed E-state index contributed by atoms with van der Waals surface area (Å²) >= 11 is 0. The number of carboxylic acids is 1. The van der Waals surface area contributed by atoms with E-state index in [4.69, 9.17) is 5.11 Å². The van der Waals surface area contributed by atoms with Crippen molar-refractivity contribution in [2.24, 2.45) is 0 Å². The summed E-state index contributed by atoms with van der Waals surface area (Å²) in [7, 11) is 0. The number of hydrogen-bond donors (Lipinski definition) is 1. The number of carbonyl (C=O) groups is 1. The zero-order valence-corrected chi connectivity index (χ0v) is 9.42. The average molecular weight is 228 g/mol. The second kappa shape index (κ2) is 3.45. The van der Waals surface area contributed by atoms with E-state index in [1.165, 1.54) is 11.8 Å². The van der Waals surface area contributed by atoms with Gasteiger partial charge in [-0.1, -0.05) is 25.1 Å². The Balaban J connectivity index is 2.26. The molecule has 1 unspecified atom stereocenters. The molecule has 1 N–H and O–H groups in total. The lowest BCUT2D eigenvalue weighted by atomic mass is 9.90. The summed E-state index contributed by atoms with van der Waals surface area (Å²) in [5.41, 5.74) is 3.32. The number of para-hydroxylation sites is 1. The van der Waals surface area contributed by atoms with Crippen LogP contribution in [0.1, 0.15) is 34.5 Å². The molecule has 86 valence electrons. The zero-order valence-electron chi connectivity index (χ0n) is 9.42. The molecule has 1 atom stereocenters. The first-order valence-electron chi connectivity index (χ1n) is 5.58. The molecule has 0 amide bonds. The molecular formula is C13H12N2O2. The van der Waals surface area contributed by atoms with Crippen LogP contribution in [0.2, 0.25) is 0 Å². The smallest absolute Gasteiger partial charge is 0.339 e. The molecule has 1 aliphatic heterocycles. The van der Waals surface area contributed by atoms with E-state index in [0.29, 0.717) is 11.5 Å². The lowest BCUT2D eigenvalue weighted by Crippen LogP contribution is -2.17. The summed E-state index contributed by atoms with van der Waals surface area (Å²) < 4.78 is 1.75. The summed E-state index contributed by atoms with van der Waals surface area (Å²) in [6, 6.07) is 8.00. The summed E-state index contributed by atoms with van der Waals surface area (Å²) in [6.45, 7) is 2.11. The van der Waals surface area contributed by atoms with Crippen molar-refractivity contribution < 1.29 is 9.90 Å². The van der Waals surface area contributed by atoms with Crippen LogP contribution in [0.5, 0.6) is 0 Å². The van der Waals surface area contributed by atoms with Crippen molar-refractivity contribution in [3.05, 3.63) is 47.3 Å². The van der Waals surface area contributed by atoms with Crippen molar-refractivity contribution >= 4 is 5.97 Å². The van der Waals surface area contributed by atoms with Crippen molar-refractivity contribution in [1.29, 1.82) is 0 Å². The second-order valence-electron chi connectivity index (χ2n) is 4.39. The number of carboxylic acid groups (broad SMARTS) is 1. The van der Waals surface area contributed by atoms with Crippen LogP contribution in [-0.4, -0.2) is 20.9 Å². The monoisotopic (exact) mass is 228 g/mol. The lowest BCUT2D eigenvalue weighted by molar-refractivity contribution is 0.0695. The van der Waals surface area contributed by atoms with E-state index in [0.717, 1.165) is 17.8 Å². The maximum Gasteiger partial charge on any atom is 0.339 e. The fourth-order valence-electron chi connectivity index (χ4n) is 2.45.